The number of amides is 1. The Morgan fingerprint density at radius 1 is 0.931 bits per heavy atom. The SMILES string of the molecule is Cc1ccc(S(=O)(=O)CCC(=O)OCC(=O)Nc2ccc(S(N)(=O)=O)cc2)cc1. The van der Waals surface area contributed by atoms with Gasteiger partial charge in [0, 0.05) is 5.69 Å². The average molecular weight is 440 g/mol. The predicted octanol–water partition coefficient (Wildman–Crippen LogP) is 0.988. The Labute approximate surface area is 168 Å². The number of nitrogens with one attached hydrogen (secondary N) is 1. The molecule has 0 spiro atoms. The van der Waals surface area contributed by atoms with Gasteiger partial charge in [0.05, 0.1) is 22.0 Å². The molecule has 2 aromatic rings. The number of esters is 1. The number of ether oxygens (including phenoxy) is 1. The van der Waals surface area contributed by atoms with Crippen molar-refractivity contribution in [1.29, 1.82) is 0 Å². The van der Waals surface area contributed by atoms with E-state index in [2.05, 4.69) is 5.32 Å². The van der Waals surface area contributed by atoms with Crippen LogP contribution in [0.2, 0.25) is 0 Å². The Balaban J connectivity index is 1.81. The summed E-state index contributed by atoms with van der Waals surface area (Å²) in [4.78, 5) is 23.5. The van der Waals surface area contributed by atoms with E-state index in [1.807, 2.05) is 6.92 Å². The minimum absolute atomic E-state index is 0.108. The molecule has 0 aliphatic carbocycles. The number of carbonyl (C=O) groups excluding carboxylic acids is 2. The zero-order chi connectivity index (χ0) is 21.7. The average Bonchev–Trinajstić information content (AvgIpc) is 2.65. The quantitative estimate of drug-likeness (QED) is 0.581. The van der Waals surface area contributed by atoms with Crippen LogP contribution in [0.25, 0.3) is 0 Å². The van der Waals surface area contributed by atoms with Crippen molar-refractivity contribution in [3.8, 4) is 0 Å². The van der Waals surface area contributed by atoms with Crippen LogP contribution in [0.4, 0.5) is 5.69 Å². The van der Waals surface area contributed by atoms with Crippen LogP contribution < -0.4 is 10.5 Å². The van der Waals surface area contributed by atoms with Crippen LogP contribution in [0, 0.1) is 6.92 Å². The van der Waals surface area contributed by atoms with Gasteiger partial charge in [-0.15, -0.1) is 0 Å². The van der Waals surface area contributed by atoms with E-state index in [1.165, 1.54) is 36.4 Å². The van der Waals surface area contributed by atoms with Crippen molar-refractivity contribution in [2.45, 2.75) is 23.1 Å². The number of hydrogen-bond acceptors (Lipinski definition) is 7. The molecule has 11 heteroatoms. The second-order valence-electron chi connectivity index (χ2n) is 6.16. The largest absolute Gasteiger partial charge is 0.456 e. The Morgan fingerprint density at radius 3 is 2.03 bits per heavy atom. The summed E-state index contributed by atoms with van der Waals surface area (Å²) in [6.07, 6.45) is -0.396. The van der Waals surface area contributed by atoms with Crippen LogP contribution in [0.5, 0.6) is 0 Å². The first-order valence-electron chi connectivity index (χ1n) is 8.35. The van der Waals surface area contributed by atoms with Gasteiger partial charge >= 0.3 is 5.97 Å². The van der Waals surface area contributed by atoms with Gasteiger partial charge in [-0.1, -0.05) is 17.7 Å². The summed E-state index contributed by atoms with van der Waals surface area (Å²) in [6.45, 7) is 1.22. The molecule has 3 N–H and O–H groups in total. The maximum Gasteiger partial charge on any atom is 0.307 e. The lowest BCUT2D eigenvalue weighted by Gasteiger charge is -2.08. The van der Waals surface area contributed by atoms with Crippen molar-refractivity contribution in [3.63, 3.8) is 0 Å². The molecule has 0 radical (unpaired) electrons. The molecule has 0 aromatic heterocycles. The van der Waals surface area contributed by atoms with E-state index >= 15 is 0 Å². The maximum absolute atomic E-state index is 12.2. The standard InChI is InChI=1S/C18H20N2O7S2/c1-13-2-6-15(7-3-13)28(23,24)11-10-18(22)27-12-17(21)20-14-4-8-16(9-5-14)29(19,25)26/h2-9H,10-12H2,1H3,(H,20,21)(H2,19,25,26). The second kappa shape index (κ2) is 9.16. The fourth-order valence-electron chi connectivity index (χ4n) is 2.22. The highest BCUT2D eigenvalue weighted by molar-refractivity contribution is 7.91. The summed E-state index contributed by atoms with van der Waals surface area (Å²) in [5, 5.41) is 7.39. The number of sulfone groups is 1. The molecule has 0 aliphatic rings. The third kappa shape index (κ3) is 6.97. The Bertz CT molecular complexity index is 1090. The minimum Gasteiger partial charge on any atom is -0.456 e. The van der Waals surface area contributed by atoms with Crippen molar-refractivity contribution < 1.29 is 31.2 Å². The molecule has 0 heterocycles. The zero-order valence-electron chi connectivity index (χ0n) is 15.5. The summed E-state index contributed by atoms with van der Waals surface area (Å²) in [7, 11) is -7.48. The van der Waals surface area contributed by atoms with Crippen LogP contribution in [-0.2, 0) is 34.2 Å². The van der Waals surface area contributed by atoms with Gasteiger partial charge in [0.15, 0.2) is 16.4 Å². The highest BCUT2D eigenvalue weighted by atomic mass is 32.2. The van der Waals surface area contributed by atoms with Crippen LogP contribution in [-0.4, -0.2) is 41.1 Å². The molecule has 9 nitrogen and oxygen atoms in total. The van der Waals surface area contributed by atoms with Gasteiger partial charge in [-0.25, -0.2) is 22.0 Å². The maximum atomic E-state index is 12.2. The number of carbonyl (C=O) groups is 2. The number of sulfonamides is 1. The van der Waals surface area contributed by atoms with E-state index < -0.39 is 50.5 Å². The fourth-order valence-corrected chi connectivity index (χ4v) is 3.96. The summed E-state index contributed by atoms with van der Waals surface area (Å²) in [6, 6.07) is 11.3. The lowest BCUT2D eigenvalue weighted by atomic mass is 10.2. The molecule has 0 bridgehead atoms. The van der Waals surface area contributed by atoms with E-state index in [0.717, 1.165) is 5.56 Å². The molecule has 0 unspecified atom stereocenters. The number of benzene rings is 2. The molecule has 0 saturated carbocycles. The van der Waals surface area contributed by atoms with Gasteiger partial charge in [-0.3, -0.25) is 9.59 Å². The van der Waals surface area contributed by atoms with Crippen molar-refractivity contribution in [2.75, 3.05) is 17.7 Å². The monoisotopic (exact) mass is 440 g/mol. The number of anilines is 1. The van der Waals surface area contributed by atoms with Crippen LogP contribution in [0.3, 0.4) is 0 Å². The highest BCUT2D eigenvalue weighted by Gasteiger charge is 2.17. The number of primary sulfonamides is 1. The first kappa shape index (κ1) is 22.5. The third-order valence-electron chi connectivity index (χ3n) is 3.79. The van der Waals surface area contributed by atoms with Crippen molar-refractivity contribution in [1.82, 2.24) is 0 Å². The van der Waals surface area contributed by atoms with Gasteiger partial charge in [0.25, 0.3) is 5.91 Å². The molecule has 0 aliphatic heterocycles. The summed E-state index contributed by atoms with van der Waals surface area (Å²) in [5.74, 6) is -1.94. The highest BCUT2D eigenvalue weighted by Crippen LogP contribution is 2.14. The molecule has 0 atom stereocenters. The van der Waals surface area contributed by atoms with Gasteiger partial charge in [-0.05, 0) is 43.3 Å². The molecule has 1 amide bonds. The molecule has 0 saturated heterocycles. The molecule has 156 valence electrons. The molecular weight excluding hydrogens is 420 g/mol. The summed E-state index contributed by atoms with van der Waals surface area (Å²) in [5.41, 5.74) is 1.19. The van der Waals surface area contributed by atoms with E-state index in [1.54, 1.807) is 12.1 Å². The van der Waals surface area contributed by atoms with Gasteiger partial charge in [-0.2, -0.15) is 0 Å². The number of hydrogen-bond donors (Lipinski definition) is 2. The Hall–Kier alpha value is -2.76. The minimum atomic E-state index is -3.84. The summed E-state index contributed by atoms with van der Waals surface area (Å²) < 4.78 is 51.5. The smallest absolute Gasteiger partial charge is 0.307 e. The summed E-state index contributed by atoms with van der Waals surface area (Å²) >= 11 is 0. The van der Waals surface area contributed by atoms with Gasteiger partial charge in [0.1, 0.15) is 0 Å². The predicted molar refractivity (Wildman–Crippen MR) is 105 cm³/mol. The second-order valence-corrected chi connectivity index (χ2v) is 9.83. The van der Waals surface area contributed by atoms with Crippen molar-refractivity contribution in [2.24, 2.45) is 5.14 Å². The normalized spacial score (nSPS) is 11.7. The fraction of sp³-hybridized carbons (Fsp3) is 0.222. The number of aryl methyl sites for hydroxylation is 1. The van der Waals surface area contributed by atoms with Crippen LogP contribution in [0.1, 0.15) is 12.0 Å². The lowest BCUT2D eigenvalue weighted by molar-refractivity contribution is -0.146. The lowest BCUT2D eigenvalue weighted by Crippen LogP contribution is -2.22. The molecule has 2 rings (SSSR count). The third-order valence-corrected chi connectivity index (χ3v) is 6.45. The van der Waals surface area contributed by atoms with Crippen molar-refractivity contribution in [3.05, 3.63) is 54.1 Å². The topological polar surface area (TPSA) is 150 Å². The number of nitrogens with two attached hydrogens (primary N) is 1. The first-order chi connectivity index (χ1) is 13.5. The molecule has 29 heavy (non-hydrogen) atoms. The van der Waals surface area contributed by atoms with Crippen LogP contribution in [0.15, 0.2) is 58.3 Å². The molecule has 0 fully saturated rings. The van der Waals surface area contributed by atoms with Crippen LogP contribution >= 0.6 is 0 Å². The first-order valence-corrected chi connectivity index (χ1v) is 11.5. The van der Waals surface area contributed by atoms with E-state index in [4.69, 9.17) is 9.88 Å². The Kier molecular flexibility index (Phi) is 7.11. The van der Waals surface area contributed by atoms with Gasteiger partial charge < -0.3 is 10.1 Å². The van der Waals surface area contributed by atoms with E-state index in [0.29, 0.717) is 0 Å². The Morgan fingerprint density at radius 2 is 1.48 bits per heavy atom. The molecular formula is C18H20N2O7S2. The number of rotatable bonds is 8. The van der Waals surface area contributed by atoms with E-state index in [-0.39, 0.29) is 15.5 Å². The molecule has 2 aromatic carbocycles. The van der Waals surface area contributed by atoms with Gasteiger partial charge in [0.2, 0.25) is 10.0 Å². The zero-order valence-corrected chi connectivity index (χ0v) is 17.1. The van der Waals surface area contributed by atoms with E-state index in [9.17, 15) is 26.4 Å². The van der Waals surface area contributed by atoms with Crippen molar-refractivity contribution >= 4 is 37.4 Å².